The zero-order valence-electron chi connectivity index (χ0n) is 13.6. The molecule has 0 spiro atoms. The molecule has 0 fully saturated rings. The van der Waals surface area contributed by atoms with Crippen molar-refractivity contribution in [1.29, 1.82) is 0 Å². The van der Waals surface area contributed by atoms with Crippen LogP contribution in [0.5, 0.6) is 0 Å². The molecule has 4 aromatic rings. The van der Waals surface area contributed by atoms with Crippen LogP contribution in [0.1, 0.15) is 29.1 Å². The van der Waals surface area contributed by atoms with Crippen molar-refractivity contribution in [2.24, 2.45) is 0 Å². The van der Waals surface area contributed by atoms with Crippen LogP contribution in [0.3, 0.4) is 0 Å². The van der Waals surface area contributed by atoms with E-state index in [4.69, 9.17) is 0 Å². The Kier molecular flexibility index (Phi) is 3.74. The van der Waals surface area contributed by atoms with Crippen LogP contribution < -0.4 is 5.32 Å². The summed E-state index contributed by atoms with van der Waals surface area (Å²) >= 11 is 0. The van der Waals surface area contributed by atoms with E-state index in [1.165, 1.54) is 4.52 Å². The number of nitrogens with one attached hydrogen (secondary N) is 1. The van der Waals surface area contributed by atoms with Gasteiger partial charge in [-0.05, 0) is 42.8 Å². The molecular formula is C18H16N6O. The number of hydrogen-bond acceptors (Lipinski definition) is 4. The zero-order valence-corrected chi connectivity index (χ0v) is 13.6. The molecule has 25 heavy (non-hydrogen) atoms. The molecule has 1 unspecified atom stereocenters. The number of amides is 1. The number of rotatable bonds is 4. The van der Waals surface area contributed by atoms with Crippen molar-refractivity contribution in [2.45, 2.75) is 13.0 Å². The van der Waals surface area contributed by atoms with Crippen molar-refractivity contribution in [2.75, 3.05) is 0 Å². The van der Waals surface area contributed by atoms with Gasteiger partial charge in [0.2, 0.25) is 5.82 Å². The summed E-state index contributed by atoms with van der Waals surface area (Å²) in [7, 11) is 0. The van der Waals surface area contributed by atoms with Crippen LogP contribution in [0.2, 0.25) is 0 Å². The molecule has 1 amide bonds. The quantitative estimate of drug-likeness (QED) is 0.622. The van der Waals surface area contributed by atoms with E-state index in [1.54, 1.807) is 18.5 Å². The second-order valence-corrected chi connectivity index (χ2v) is 5.68. The Hall–Kier alpha value is -3.48. The monoisotopic (exact) mass is 332 g/mol. The molecule has 0 bridgehead atoms. The number of carbonyl (C=O) groups excluding carboxylic acids is 1. The van der Waals surface area contributed by atoms with E-state index in [1.807, 2.05) is 60.3 Å². The Balaban J connectivity index is 1.49. The van der Waals surface area contributed by atoms with Crippen LogP contribution in [0.25, 0.3) is 11.5 Å². The van der Waals surface area contributed by atoms with Crippen LogP contribution in [0.4, 0.5) is 0 Å². The standard InChI is InChI=1S/C18H16N6O/c1-13(14-5-7-15(8-6-14)23-10-2-3-11-23)20-17(25)16-21-18-19-9-4-12-24(18)22-16/h2-13H,1H3,(H,20,25). The summed E-state index contributed by atoms with van der Waals surface area (Å²) in [6.45, 7) is 1.93. The number of benzene rings is 1. The van der Waals surface area contributed by atoms with Crippen molar-refractivity contribution in [3.8, 4) is 5.69 Å². The fourth-order valence-corrected chi connectivity index (χ4v) is 2.62. The second kappa shape index (κ2) is 6.20. The summed E-state index contributed by atoms with van der Waals surface area (Å²) < 4.78 is 3.51. The molecule has 7 heteroatoms. The van der Waals surface area contributed by atoms with Gasteiger partial charge in [-0.25, -0.2) is 9.50 Å². The fraction of sp³-hybridized carbons (Fsp3) is 0.111. The molecule has 1 atom stereocenters. The van der Waals surface area contributed by atoms with Crippen molar-refractivity contribution in [3.05, 3.63) is 78.6 Å². The van der Waals surface area contributed by atoms with Crippen LogP contribution in [-0.2, 0) is 0 Å². The minimum absolute atomic E-state index is 0.106. The Morgan fingerprint density at radius 1 is 1.08 bits per heavy atom. The average Bonchev–Trinajstić information content (AvgIpc) is 3.31. The smallest absolute Gasteiger partial charge is 0.291 e. The third-order valence-corrected chi connectivity index (χ3v) is 3.96. The molecular weight excluding hydrogens is 316 g/mol. The summed E-state index contributed by atoms with van der Waals surface area (Å²) in [5.41, 5.74) is 2.08. The second-order valence-electron chi connectivity index (χ2n) is 5.68. The van der Waals surface area contributed by atoms with Gasteiger partial charge in [-0.1, -0.05) is 12.1 Å². The van der Waals surface area contributed by atoms with Crippen LogP contribution >= 0.6 is 0 Å². The molecule has 124 valence electrons. The summed E-state index contributed by atoms with van der Waals surface area (Å²) in [6, 6.07) is 13.6. The summed E-state index contributed by atoms with van der Waals surface area (Å²) in [4.78, 5) is 20.6. The maximum Gasteiger partial charge on any atom is 0.291 e. The van der Waals surface area contributed by atoms with Crippen molar-refractivity contribution in [3.63, 3.8) is 0 Å². The average molecular weight is 332 g/mol. The van der Waals surface area contributed by atoms with Gasteiger partial charge in [-0.3, -0.25) is 4.79 Å². The van der Waals surface area contributed by atoms with Gasteiger partial charge in [0, 0.05) is 30.5 Å². The summed E-state index contributed by atoms with van der Waals surface area (Å²) in [6.07, 6.45) is 7.29. The molecule has 0 aliphatic rings. The van der Waals surface area contributed by atoms with Crippen molar-refractivity contribution < 1.29 is 4.79 Å². The molecule has 0 saturated heterocycles. The highest BCUT2D eigenvalue weighted by Gasteiger charge is 2.16. The van der Waals surface area contributed by atoms with Crippen molar-refractivity contribution in [1.82, 2.24) is 29.5 Å². The van der Waals surface area contributed by atoms with Crippen molar-refractivity contribution >= 4 is 11.7 Å². The molecule has 1 N–H and O–H groups in total. The van der Waals surface area contributed by atoms with E-state index in [0.29, 0.717) is 5.78 Å². The lowest BCUT2D eigenvalue weighted by Gasteiger charge is -2.14. The number of carbonyl (C=O) groups is 1. The molecule has 0 aliphatic carbocycles. The number of aromatic nitrogens is 5. The Morgan fingerprint density at radius 3 is 2.56 bits per heavy atom. The molecule has 7 nitrogen and oxygen atoms in total. The molecule has 4 rings (SSSR count). The van der Waals surface area contributed by atoms with Gasteiger partial charge in [0.05, 0.1) is 6.04 Å². The number of fused-ring (bicyclic) bond motifs is 1. The lowest BCUT2D eigenvalue weighted by Crippen LogP contribution is -2.27. The van der Waals surface area contributed by atoms with E-state index in [9.17, 15) is 4.79 Å². The first-order chi connectivity index (χ1) is 12.2. The first-order valence-electron chi connectivity index (χ1n) is 7.92. The Labute approximate surface area is 144 Å². The minimum Gasteiger partial charge on any atom is -0.343 e. The predicted octanol–water partition coefficient (Wildman–Crippen LogP) is 2.41. The maximum absolute atomic E-state index is 12.4. The first-order valence-corrected chi connectivity index (χ1v) is 7.92. The first kappa shape index (κ1) is 15.1. The van der Waals surface area contributed by atoms with Crippen LogP contribution in [0.15, 0.2) is 67.3 Å². The van der Waals surface area contributed by atoms with Gasteiger partial charge in [-0.2, -0.15) is 4.98 Å². The van der Waals surface area contributed by atoms with Gasteiger partial charge in [0.25, 0.3) is 11.7 Å². The van der Waals surface area contributed by atoms with Gasteiger partial charge < -0.3 is 9.88 Å². The molecule has 3 aromatic heterocycles. The molecule has 1 aromatic carbocycles. The molecule has 0 radical (unpaired) electrons. The normalized spacial score (nSPS) is 12.2. The lowest BCUT2D eigenvalue weighted by atomic mass is 10.1. The van der Waals surface area contributed by atoms with E-state index in [-0.39, 0.29) is 17.8 Å². The van der Waals surface area contributed by atoms with Gasteiger partial charge in [-0.15, -0.1) is 5.10 Å². The van der Waals surface area contributed by atoms with E-state index in [0.717, 1.165) is 11.3 Å². The van der Waals surface area contributed by atoms with Crippen LogP contribution in [-0.4, -0.2) is 30.1 Å². The minimum atomic E-state index is -0.326. The zero-order chi connectivity index (χ0) is 17.2. The lowest BCUT2D eigenvalue weighted by molar-refractivity contribution is 0.0929. The SMILES string of the molecule is CC(NC(=O)c1nc2ncccn2n1)c1ccc(-n2cccc2)cc1. The topological polar surface area (TPSA) is 77.1 Å². The third-order valence-electron chi connectivity index (χ3n) is 3.96. The largest absolute Gasteiger partial charge is 0.343 e. The Morgan fingerprint density at radius 2 is 1.84 bits per heavy atom. The highest BCUT2D eigenvalue weighted by Crippen LogP contribution is 2.16. The Bertz CT molecular complexity index is 971. The summed E-state index contributed by atoms with van der Waals surface area (Å²) in [5.74, 6) is 0.179. The molecule has 0 aliphatic heterocycles. The van der Waals surface area contributed by atoms with Crippen LogP contribution in [0, 0.1) is 0 Å². The number of hydrogen-bond donors (Lipinski definition) is 1. The van der Waals surface area contributed by atoms with E-state index < -0.39 is 0 Å². The molecule has 3 heterocycles. The van der Waals surface area contributed by atoms with E-state index in [2.05, 4.69) is 20.4 Å². The predicted molar refractivity (Wildman–Crippen MR) is 92.4 cm³/mol. The highest BCUT2D eigenvalue weighted by atomic mass is 16.2. The van der Waals surface area contributed by atoms with Gasteiger partial charge in [0.15, 0.2) is 0 Å². The highest BCUT2D eigenvalue weighted by molar-refractivity contribution is 5.91. The van der Waals surface area contributed by atoms with Gasteiger partial charge in [0.1, 0.15) is 0 Å². The van der Waals surface area contributed by atoms with Gasteiger partial charge >= 0.3 is 0 Å². The fourth-order valence-electron chi connectivity index (χ4n) is 2.62. The third kappa shape index (κ3) is 2.99. The maximum atomic E-state index is 12.4. The number of nitrogens with zero attached hydrogens (tertiary/aromatic N) is 5. The molecule has 0 saturated carbocycles. The van der Waals surface area contributed by atoms with E-state index >= 15 is 0 Å². The summed E-state index contributed by atoms with van der Waals surface area (Å²) in [5, 5.41) is 7.05.